The van der Waals surface area contributed by atoms with Crippen molar-refractivity contribution in [3.8, 4) is 0 Å². The Kier molecular flexibility index (Phi) is 3.55. The molecule has 0 heterocycles. The van der Waals surface area contributed by atoms with Gasteiger partial charge in [-0.15, -0.1) is 0 Å². The lowest BCUT2D eigenvalue weighted by Crippen LogP contribution is -2.33. The summed E-state index contributed by atoms with van der Waals surface area (Å²) in [5.41, 5.74) is 3.70. The van der Waals surface area contributed by atoms with Gasteiger partial charge in [-0.3, -0.25) is 0 Å². The highest BCUT2D eigenvalue weighted by Gasteiger charge is 2.46. The number of benzene rings is 1. The Bertz CT molecular complexity index is 393. The van der Waals surface area contributed by atoms with Crippen molar-refractivity contribution in [2.45, 2.75) is 58.4 Å². The summed E-state index contributed by atoms with van der Waals surface area (Å²) in [4.78, 5) is 0. The SMILES string of the molecule is CNC(C)C1(Cc2ccc(C(C)(C)C)cc2)CC1. The smallest absolute Gasteiger partial charge is 0.00953 e. The maximum absolute atomic E-state index is 3.42. The zero-order chi connectivity index (χ0) is 13.4. The van der Waals surface area contributed by atoms with Crippen molar-refractivity contribution in [3.05, 3.63) is 35.4 Å². The molecule has 1 atom stereocenters. The standard InChI is InChI=1S/C17H27N/c1-13(18-5)17(10-11-17)12-14-6-8-15(9-7-14)16(2,3)4/h6-9,13,18H,10-12H2,1-5H3. The van der Waals surface area contributed by atoms with Crippen molar-refractivity contribution in [2.24, 2.45) is 5.41 Å². The molecule has 0 aliphatic heterocycles. The van der Waals surface area contributed by atoms with Crippen molar-refractivity contribution in [1.82, 2.24) is 5.32 Å². The van der Waals surface area contributed by atoms with Crippen LogP contribution in [0, 0.1) is 5.41 Å². The molecule has 1 saturated carbocycles. The predicted molar refractivity (Wildman–Crippen MR) is 79.0 cm³/mol. The van der Waals surface area contributed by atoms with Gasteiger partial charge >= 0.3 is 0 Å². The molecule has 0 saturated heterocycles. The maximum atomic E-state index is 3.42. The molecule has 0 spiro atoms. The topological polar surface area (TPSA) is 12.0 Å². The average molecular weight is 245 g/mol. The third kappa shape index (κ3) is 2.77. The summed E-state index contributed by atoms with van der Waals surface area (Å²) in [6.07, 6.45) is 3.96. The Labute approximate surface area is 112 Å². The molecule has 1 aliphatic rings. The van der Waals surface area contributed by atoms with Gasteiger partial charge in [0.25, 0.3) is 0 Å². The van der Waals surface area contributed by atoms with Crippen LogP contribution in [0.2, 0.25) is 0 Å². The lowest BCUT2D eigenvalue weighted by atomic mass is 9.85. The van der Waals surface area contributed by atoms with Gasteiger partial charge in [0.15, 0.2) is 0 Å². The number of nitrogens with one attached hydrogen (secondary N) is 1. The fraction of sp³-hybridized carbons (Fsp3) is 0.647. The lowest BCUT2D eigenvalue weighted by Gasteiger charge is -2.24. The first kappa shape index (κ1) is 13.6. The van der Waals surface area contributed by atoms with Crippen LogP contribution in [0.3, 0.4) is 0 Å². The Morgan fingerprint density at radius 2 is 1.72 bits per heavy atom. The molecule has 0 amide bonds. The van der Waals surface area contributed by atoms with Gasteiger partial charge in [-0.2, -0.15) is 0 Å². The van der Waals surface area contributed by atoms with Crippen LogP contribution in [-0.4, -0.2) is 13.1 Å². The van der Waals surface area contributed by atoms with E-state index in [4.69, 9.17) is 0 Å². The molecule has 0 radical (unpaired) electrons. The van der Waals surface area contributed by atoms with Crippen molar-refractivity contribution in [1.29, 1.82) is 0 Å². The molecule has 1 heteroatoms. The molecule has 1 nitrogen and oxygen atoms in total. The largest absolute Gasteiger partial charge is 0.317 e. The van der Waals surface area contributed by atoms with Crippen LogP contribution in [0.25, 0.3) is 0 Å². The van der Waals surface area contributed by atoms with Gasteiger partial charge in [0.1, 0.15) is 0 Å². The van der Waals surface area contributed by atoms with Gasteiger partial charge in [0.2, 0.25) is 0 Å². The van der Waals surface area contributed by atoms with Crippen molar-refractivity contribution in [2.75, 3.05) is 7.05 Å². The van der Waals surface area contributed by atoms with E-state index in [2.05, 4.69) is 64.3 Å². The van der Waals surface area contributed by atoms with Crippen LogP contribution < -0.4 is 5.32 Å². The lowest BCUT2D eigenvalue weighted by molar-refractivity contribution is 0.369. The van der Waals surface area contributed by atoms with Gasteiger partial charge in [-0.25, -0.2) is 0 Å². The van der Waals surface area contributed by atoms with E-state index >= 15 is 0 Å². The second-order valence-electron chi connectivity index (χ2n) is 7.00. The van der Waals surface area contributed by atoms with Crippen LogP contribution >= 0.6 is 0 Å². The Morgan fingerprint density at radius 1 is 1.17 bits per heavy atom. The van der Waals surface area contributed by atoms with Gasteiger partial charge in [0, 0.05) is 6.04 Å². The fourth-order valence-corrected chi connectivity index (χ4v) is 2.76. The van der Waals surface area contributed by atoms with E-state index in [1.165, 1.54) is 30.4 Å². The fourth-order valence-electron chi connectivity index (χ4n) is 2.76. The van der Waals surface area contributed by atoms with Gasteiger partial charge < -0.3 is 5.32 Å². The monoisotopic (exact) mass is 245 g/mol. The Hall–Kier alpha value is -0.820. The molecule has 1 unspecified atom stereocenters. The molecule has 1 aromatic rings. The first-order valence-corrected chi connectivity index (χ1v) is 7.14. The average Bonchev–Trinajstić information content (AvgIpc) is 3.08. The minimum Gasteiger partial charge on any atom is -0.317 e. The predicted octanol–water partition coefficient (Wildman–Crippen LogP) is 3.91. The summed E-state index contributed by atoms with van der Waals surface area (Å²) in [6.45, 7) is 9.13. The van der Waals surface area contributed by atoms with Gasteiger partial charge in [0.05, 0.1) is 0 Å². The molecule has 0 bridgehead atoms. The van der Waals surface area contributed by atoms with E-state index in [1.54, 1.807) is 0 Å². The summed E-state index contributed by atoms with van der Waals surface area (Å²) in [5.74, 6) is 0. The number of hydrogen-bond acceptors (Lipinski definition) is 1. The normalized spacial score (nSPS) is 19.6. The van der Waals surface area contributed by atoms with Crippen LogP contribution in [-0.2, 0) is 11.8 Å². The molecular formula is C17H27N. The molecule has 1 aromatic carbocycles. The van der Waals surface area contributed by atoms with Crippen LogP contribution in [0.4, 0.5) is 0 Å². The summed E-state index contributed by atoms with van der Waals surface area (Å²) in [7, 11) is 2.08. The minimum absolute atomic E-state index is 0.258. The first-order chi connectivity index (χ1) is 8.37. The summed E-state index contributed by atoms with van der Waals surface area (Å²) in [5, 5.41) is 3.42. The molecule has 100 valence electrons. The highest BCUT2D eigenvalue weighted by Crippen LogP contribution is 2.51. The van der Waals surface area contributed by atoms with Gasteiger partial charge in [-0.05, 0) is 55.2 Å². The number of hydrogen-bond donors (Lipinski definition) is 1. The zero-order valence-corrected chi connectivity index (χ0v) is 12.5. The van der Waals surface area contributed by atoms with Crippen LogP contribution in [0.15, 0.2) is 24.3 Å². The molecule has 18 heavy (non-hydrogen) atoms. The quantitative estimate of drug-likeness (QED) is 0.848. The zero-order valence-electron chi connectivity index (χ0n) is 12.5. The highest BCUT2D eigenvalue weighted by molar-refractivity contribution is 5.29. The summed E-state index contributed by atoms with van der Waals surface area (Å²) in [6, 6.07) is 9.87. The first-order valence-electron chi connectivity index (χ1n) is 7.14. The van der Waals surface area contributed by atoms with Crippen molar-refractivity contribution >= 4 is 0 Å². The molecule has 1 aliphatic carbocycles. The van der Waals surface area contributed by atoms with Crippen LogP contribution in [0.5, 0.6) is 0 Å². The Balaban J connectivity index is 2.08. The van der Waals surface area contributed by atoms with E-state index in [0.29, 0.717) is 11.5 Å². The van der Waals surface area contributed by atoms with E-state index in [1.807, 2.05) is 0 Å². The van der Waals surface area contributed by atoms with Crippen LogP contribution in [0.1, 0.15) is 51.7 Å². The molecular weight excluding hydrogens is 218 g/mol. The minimum atomic E-state index is 0.258. The van der Waals surface area contributed by atoms with Crippen molar-refractivity contribution < 1.29 is 0 Å². The maximum Gasteiger partial charge on any atom is 0.00953 e. The van der Waals surface area contributed by atoms with Crippen molar-refractivity contribution in [3.63, 3.8) is 0 Å². The Morgan fingerprint density at radius 3 is 2.11 bits per heavy atom. The molecule has 0 aromatic heterocycles. The molecule has 1 N–H and O–H groups in total. The molecule has 2 rings (SSSR count). The second kappa shape index (κ2) is 4.70. The van der Waals surface area contributed by atoms with E-state index in [0.717, 1.165) is 0 Å². The summed E-state index contributed by atoms with van der Waals surface area (Å²) >= 11 is 0. The summed E-state index contributed by atoms with van der Waals surface area (Å²) < 4.78 is 0. The van der Waals surface area contributed by atoms with Gasteiger partial charge in [-0.1, -0.05) is 45.0 Å². The van der Waals surface area contributed by atoms with E-state index < -0.39 is 0 Å². The third-order valence-corrected chi connectivity index (χ3v) is 4.62. The highest BCUT2D eigenvalue weighted by atomic mass is 14.9. The van der Waals surface area contributed by atoms with E-state index in [9.17, 15) is 0 Å². The second-order valence-corrected chi connectivity index (χ2v) is 7.00. The number of rotatable bonds is 4. The van der Waals surface area contributed by atoms with E-state index in [-0.39, 0.29) is 5.41 Å². The molecule has 1 fully saturated rings. The third-order valence-electron chi connectivity index (χ3n) is 4.62.